The minimum Gasteiger partial charge on any atom is -0.508 e. The molecule has 1 heterocycles. The molecule has 1 unspecified atom stereocenters. The molecule has 1 aliphatic heterocycles. The van der Waals surface area contributed by atoms with Gasteiger partial charge in [-0.15, -0.1) is 0 Å². The third-order valence-corrected chi connectivity index (χ3v) is 3.68. The summed E-state index contributed by atoms with van der Waals surface area (Å²) in [5, 5.41) is 18.2. The predicted molar refractivity (Wildman–Crippen MR) is 78.1 cm³/mol. The lowest BCUT2D eigenvalue weighted by atomic mass is 9.95. The van der Waals surface area contributed by atoms with Gasteiger partial charge in [0, 0.05) is 25.8 Å². The van der Waals surface area contributed by atoms with E-state index >= 15 is 0 Å². The zero-order chi connectivity index (χ0) is 14.4. The van der Waals surface area contributed by atoms with Crippen molar-refractivity contribution < 1.29 is 15.0 Å². The number of carbonyl (C=O) groups is 1. The Bertz CT molecular complexity index is 465. The van der Waals surface area contributed by atoms with Crippen molar-refractivity contribution in [3.8, 4) is 5.75 Å². The normalized spacial score (nSPS) is 19.4. The van der Waals surface area contributed by atoms with E-state index in [0.29, 0.717) is 5.92 Å². The van der Waals surface area contributed by atoms with E-state index in [0.717, 1.165) is 37.9 Å². The molecule has 1 aromatic rings. The van der Waals surface area contributed by atoms with E-state index in [1.54, 1.807) is 36.4 Å². The number of aromatic hydroxyl groups is 1. The molecule has 1 atom stereocenters. The third-order valence-electron chi connectivity index (χ3n) is 3.68. The summed E-state index contributed by atoms with van der Waals surface area (Å²) < 4.78 is 0. The van der Waals surface area contributed by atoms with E-state index in [2.05, 4.69) is 0 Å². The van der Waals surface area contributed by atoms with Crippen LogP contribution >= 0.6 is 0 Å². The van der Waals surface area contributed by atoms with Gasteiger partial charge in [-0.1, -0.05) is 12.1 Å². The maximum Gasteiger partial charge on any atom is 0.246 e. The highest BCUT2D eigenvalue weighted by atomic mass is 16.3. The lowest BCUT2D eigenvalue weighted by Crippen LogP contribution is -2.39. The maximum atomic E-state index is 12.1. The van der Waals surface area contributed by atoms with Gasteiger partial charge in [0.1, 0.15) is 5.75 Å². The second kappa shape index (κ2) is 7.10. The Balaban J connectivity index is 1.92. The van der Waals surface area contributed by atoms with E-state index in [9.17, 15) is 9.90 Å². The zero-order valence-electron chi connectivity index (χ0n) is 11.5. The molecule has 1 amide bonds. The Kier molecular flexibility index (Phi) is 5.18. The van der Waals surface area contributed by atoms with E-state index < -0.39 is 0 Å². The van der Waals surface area contributed by atoms with Crippen molar-refractivity contribution in [2.75, 3.05) is 19.7 Å². The Morgan fingerprint density at radius 2 is 2.10 bits per heavy atom. The molecule has 0 radical (unpaired) electrons. The van der Waals surface area contributed by atoms with Crippen molar-refractivity contribution in [1.82, 2.24) is 4.90 Å². The molecule has 2 rings (SSSR count). The average Bonchev–Trinajstić information content (AvgIpc) is 2.47. The molecule has 1 saturated heterocycles. The lowest BCUT2D eigenvalue weighted by molar-refractivity contribution is -0.127. The number of phenols is 1. The number of rotatable bonds is 4. The molecule has 0 spiro atoms. The number of likely N-dealkylation sites (tertiary alicyclic amines) is 1. The van der Waals surface area contributed by atoms with Gasteiger partial charge in [0.15, 0.2) is 0 Å². The highest BCUT2D eigenvalue weighted by Crippen LogP contribution is 2.19. The van der Waals surface area contributed by atoms with Crippen LogP contribution in [0.25, 0.3) is 6.08 Å². The smallest absolute Gasteiger partial charge is 0.246 e. The van der Waals surface area contributed by atoms with Gasteiger partial charge >= 0.3 is 0 Å². The minimum absolute atomic E-state index is 0.0146. The molecule has 1 fully saturated rings. The number of aliphatic hydroxyl groups excluding tert-OH is 1. The predicted octanol–water partition coefficient (Wildman–Crippen LogP) is 2.03. The number of piperidine rings is 1. The zero-order valence-corrected chi connectivity index (χ0v) is 11.5. The first-order chi connectivity index (χ1) is 9.69. The number of aliphatic hydroxyl groups is 1. The molecular formula is C16H21NO3. The molecule has 0 bridgehead atoms. The quantitative estimate of drug-likeness (QED) is 0.827. The summed E-state index contributed by atoms with van der Waals surface area (Å²) in [4.78, 5) is 14.0. The molecule has 4 heteroatoms. The monoisotopic (exact) mass is 275 g/mol. The fraction of sp³-hybridized carbons (Fsp3) is 0.438. The van der Waals surface area contributed by atoms with Crippen molar-refractivity contribution in [3.05, 3.63) is 35.9 Å². The van der Waals surface area contributed by atoms with Crippen LogP contribution in [0.2, 0.25) is 0 Å². The third kappa shape index (κ3) is 4.10. The summed E-state index contributed by atoms with van der Waals surface area (Å²) in [5.74, 6) is 0.650. The van der Waals surface area contributed by atoms with Crippen molar-refractivity contribution in [3.63, 3.8) is 0 Å². The SMILES string of the molecule is O=C(C=Cc1ccc(O)cc1)N1CCCC(CCO)C1. The van der Waals surface area contributed by atoms with Crippen molar-refractivity contribution in [2.24, 2.45) is 5.92 Å². The van der Waals surface area contributed by atoms with Crippen molar-refractivity contribution >= 4 is 12.0 Å². The first-order valence-corrected chi connectivity index (χ1v) is 7.06. The van der Waals surface area contributed by atoms with Gasteiger partial charge in [0.25, 0.3) is 0 Å². The van der Waals surface area contributed by atoms with Gasteiger partial charge in [0.05, 0.1) is 0 Å². The number of benzene rings is 1. The molecule has 2 N–H and O–H groups in total. The summed E-state index contributed by atoms with van der Waals surface area (Å²) in [5.41, 5.74) is 0.889. The first kappa shape index (κ1) is 14.6. The maximum absolute atomic E-state index is 12.1. The number of phenolic OH excluding ortho intramolecular Hbond substituents is 1. The number of hydrogen-bond donors (Lipinski definition) is 2. The average molecular weight is 275 g/mol. The molecule has 108 valence electrons. The van der Waals surface area contributed by atoms with E-state index in [4.69, 9.17) is 5.11 Å². The topological polar surface area (TPSA) is 60.8 Å². The van der Waals surface area contributed by atoms with Crippen LogP contribution in [0.4, 0.5) is 0 Å². The molecule has 0 aromatic heterocycles. The van der Waals surface area contributed by atoms with Crippen molar-refractivity contribution in [1.29, 1.82) is 0 Å². The largest absolute Gasteiger partial charge is 0.508 e. The molecule has 4 nitrogen and oxygen atoms in total. The van der Waals surface area contributed by atoms with Crippen molar-refractivity contribution in [2.45, 2.75) is 19.3 Å². The molecule has 0 saturated carbocycles. The van der Waals surface area contributed by atoms with Gasteiger partial charge in [-0.3, -0.25) is 4.79 Å². The van der Waals surface area contributed by atoms with Gasteiger partial charge in [0.2, 0.25) is 5.91 Å². The van der Waals surface area contributed by atoms with Gasteiger partial charge in [-0.05, 0) is 49.0 Å². The highest BCUT2D eigenvalue weighted by Gasteiger charge is 2.21. The Labute approximate surface area is 119 Å². The fourth-order valence-corrected chi connectivity index (χ4v) is 2.54. The number of carbonyl (C=O) groups excluding carboxylic acids is 1. The van der Waals surface area contributed by atoms with Crippen LogP contribution in [0.5, 0.6) is 5.75 Å². The highest BCUT2D eigenvalue weighted by molar-refractivity contribution is 5.91. The summed E-state index contributed by atoms with van der Waals surface area (Å²) >= 11 is 0. The summed E-state index contributed by atoms with van der Waals surface area (Å²) in [6.07, 6.45) is 6.20. The second-order valence-electron chi connectivity index (χ2n) is 5.23. The Hall–Kier alpha value is -1.81. The minimum atomic E-state index is 0.0146. The van der Waals surface area contributed by atoms with Gasteiger partial charge in [-0.25, -0.2) is 0 Å². The summed E-state index contributed by atoms with van der Waals surface area (Å²) in [6, 6.07) is 6.73. The Morgan fingerprint density at radius 1 is 1.35 bits per heavy atom. The molecule has 1 aliphatic rings. The van der Waals surface area contributed by atoms with Crippen LogP contribution < -0.4 is 0 Å². The summed E-state index contributed by atoms with van der Waals surface area (Å²) in [7, 11) is 0. The number of nitrogens with zero attached hydrogens (tertiary/aromatic N) is 1. The number of hydrogen-bond acceptors (Lipinski definition) is 3. The number of amides is 1. The molecular weight excluding hydrogens is 254 g/mol. The van der Waals surface area contributed by atoms with Crippen LogP contribution in [0.1, 0.15) is 24.8 Å². The lowest BCUT2D eigenvalue weighted by Gasteiger charge is -2.31. The molecule has 20 heavy (non-hydrogen) atoms. The van der Waals surface area contributed by atoms with Crippen LogP contribution in [0.3, 0.4) is 0 Å². The summed E-state index contributed by atoms with van der Waals surface area (Å²) in [6.45, 7) is 1.72. The first-order valence-electron chi connectivity index (χ1n) is 7.06. The van der Waals surface area contributed by atoms with Crippen LogP contribution in [0.15, 0.2) is 30.3 Å². The van der Waals surface area contributed by atoms with Crippen LogP contribution in [-0.4, -0.2) is 40.7 Å². The van der Waals surface area contributed by atoms with E-state index in [1.165, 1.54) is 0 Å². The second-order valence-corrected chi connectivity index (χ2v) is 5.23. The fourth-order valence-electron chi connectivity index (χ4n) is 2.54. The van der Waals surface area contributed by atoms with Crippen LogP contribution in [0, 0.1) is 5.92 Å². The van der Waals surface area contributed by atoms with E-state index in [-0.39, 0.29) is 18.3 Å². The van der Waals surface area contributed by atoms with E-state index in [1.807, 2.05) is 4.90 Å². The van der Waals surface area contributed by atoms with Gasteiger partial charge < -0.3 is 15.1 Å². The van der Waals surface area contributed by atoms with Crippen LogP contribution in [-0.2, 0) is 4.79 Å². The van der Waals surface area contributed by atoms with Gasteiger partial charge in [-0.2, -0.15) is 0 Å². The standard InChI is InChI=1S/C16H21NO3/c18-11-9-14-2-1-10-17(12-14)16(20)8-5-13-3-6-15(19)7-4-13/h3-8,14,18-19H,1-2,9-12H2. The molecule has 1 aromatic carbocycles. The Morgan fingerprint density at radius 3 is 2.80 bits per heavy atom. The molecule has 0 aliphatic carbocycles.